The largest absolute Gasteiger partial charge is 0.478 e. The van der Waals surface area contributed by atoms with E-state index < -0.39 is 5.97 Å². The third kappa shape index (κ3) is 4.78. The Bertz CT molecular complexity index is 1080. The van der Waals surface area contributed by atoms with Crippen LogP contribution in [0.1, 0.15) is 26.3 Å². The molecule has 1 fully saturated rings. The van der Waals surface area contributed by atoms with Crippen molar-refractivity contribution in [1.29, 1.82) is 0 Å². The maximum Gasteiger partial charge on any atom is 0.339 e. The average molecular weight is 431 g/mol. The summed E-state index contributed by atoms with van der Waals surface area (Å²) in [4.78, 5) is 34.4. The van der Waals surface area contributed by atoms with Crippen LogP contribution in [0.3, 0.4) is 0 Å². The Morgan fingerprint density at radius 2 is 1.62 bits per heavy atom. The van der Waals surface area contributed by atoms with Crippen LogP contribution in [0, 0.1) is 0 Å². The minimum atomic E-state index is -0.952. The summed E-state index contributed by atoms with van der Waals surface area (Å²) >= 11 is 0. The van der Waals surface area contributed by atoms with Gasteiger partial charge in [0.15, 0.2) is 0 Å². The highest BCUT2D eigenvalue weighted by Crippen LogP contribution is 2.21. The van der Waals surface area contributed by atoms with Gasteiger partial charge in [0.1, 0.15) is 11.4 Å². The molecule has 2 heterocycles. The standard InChI is InChI=1S/C25H26N4O3/c1-27(24(30)20-6-3-2-4-7-20)21-11-9-19(10-12-21)18-28-14-16-29(17-15-28)23-22(25(31)32)8-5-13-26-23/h2-13H,14-18H2,1H3,(H,31,32). The summed E-state index contributed by atoms with van der Waals surface area (Å²) in [5, 5.41) is 9.40. The first kappa shape index (κ1) is 21.5. The number of aromatic nitrogens is 1. The van der Waals surface area contributed by atoms with E-state index in [2.05, 4.69) is 22.0 Å². The van der Waals surface area contributed by atoms with Gasteiger partial charge in [0.05, 0.1) is 0 Å². The molecule has 1 aliphatic rings. The van der Waals surface area contributed by atoms with Crippen LogP contribution in [0.5, 0.6) is 0 Å². The predicted molar refractivity (Wildman–Crippen MR) is 124 cm³/mol. The molecule has 4 rings (SSSR count). The van der Waals surface area contributed by atoms with Crippen molar-refractivity contribution in [2.75, 3.05) is 43.0 Å². The normalized spacial score (nSPS) is 14.2. The number of carbonyl (C=O) groups excluding carboxylic acids is 1. The van der Waals surface area contributed by atoms with Gasteiger partial charge in [0.2, 0.25) is 0 Å². The van der Waals surface area contributed by atoms with Crippen molar-refractivity contribution in [2.45, 2.75) is 6.54 Å². The molecule has 0 saturated carbocycles. The van der Waals surface area contributed by atoms with Crippen molar-refractivity contribution in [3.05, 3.63) is 89.6 Å². The number of hydrogen-bond donors (Lipinski definition) is 1. The molecule has 2 aromatic carbocycles. The number of anilines is 2. The van der Waals surface area contributed by atoms with Gasteiger partial charge in [0.25, 0.3) is 5.91 Å². The highest BCUT2D eigenvalue weighted by molar-refractivity contribution is 6.05. The van der Waals surface area contributed by atoms with Gasteiger partial charge in [-0.2, -0.15) is 0 Å². The number of benzene rings is 2. The fourth-order valence-corrected chi connectivity index (χ4v) is 3.91. The van der Waals surface area contributed by atoms with E-state index in [-0.39, 0.29) is 11.5 Å². The minimum absolute atomic E-state index is 0.0373. The number of aromatic carboxylic acids is 1. The molecule has 1 amide bonds. The van der Waals surface area contributed by atoms with E-state index in [9.17, 15) is 14.7 Å². The molecule has 0 unspecified atom stereocenters. The quantitative estimate of drug-likeness (QED) is 0.646. The molecule has 7 heteroatoms. The van der Waals surface area contributed by atoms with Gasteiger partial charge in [-0.1, -0.05) is 30.3 Å². The second kappa shape index (κ2) is 9.62. The molecule has 164 valence electrons. The van der Waals surface area contributed by atoms with Crippen LogP contribution in [-0.2, 0) is 6.54 Å². The highest BCUT2D eigenvalue weighted by atomic mass is 16.4. The second-order valence-corrected chi connectivity index (χ2v) is 7.84. The van der Waals surface area contributed by atoms with Gasteiger partial charge in [0, 0.05) is 57.2 Å². The van der Waals surface area contributed by atoms with Gasteiger partial charge in [-0.25, -0.2) is 9.78 Å². The minimum Gasteiger partial charge on any atom is -0.478 e. The van der Waals surface area contributed by atoms with E-state index in [4.69, 9.17) is 0 Å². The molecule has 7 nitrogen and oxygen atoms in total. The molecular weight excluding hydrogens is 404 g/mol. The topological polar surface area (TPSA) is 77.0 Å². The number of carboxylic acids is 1. The van der Waals surface area contributed by atoms with Gasteiger partial charge < -0.3 is 14.9 Å². The lowest BCUT2D eigenvalue weighted by Crippen LogP contribution is -2.46. The fourth-order valence-electron chi connectivity index (χ4n) is 3.91. The molecular formula is C25H26N4O3. The Morgan fingerprint density at radius 3 is 2.28 bits per heavy atom. The maximum atomic E-state index is 12.6. The molecule has 3 aromatic rings. The van der Waals surface area contributed by atoms with Crippen molar-refractivity contribution < 1.29 is 14.7 Å². The zero-order valence-electron chi connectivity index (χ0n) is 18.0. The summed E-state index contributed by atoms with van der Waals surface area (Å²) < 4.78 is 0. The van der Waals surface area contributed by atoms with Crippen LogP contribution in [0.25, 0.3) is 0 Å². The summed E-state index contributed by atoms with van der Waals surface area (Å²) in [6, 6.07) is 20.5. The Hall–Kier alpha value is -3.71. The summed E-state index contributed by atoms with van der Waals surface area (Å²) in [6.45, 7) is 3.90. The molecule has 0 radical (unpaired) electrons. The number of rotatable bonds is 6. The fraction of sp³-hybridized carbons (Fsp3) is 0.240. The Labute approximate surface area is 187 Å². The van der Waals surface area contributed by atoms with Gasteiger partial charge in [-0.15, -0.1) is 0 Å². The molecule has 0 spiro atoms. The van der Waals surface area contributed by atoms with Crippen molar-refractivity contribution in [2.24, 2.45) is 0 Å². The van der Waals surface area contributed by atoms with E-state index in [1.165, 1.54) is 5.56 Å². The molecule has 1 aliphatic heterocycles. The lowest BCUT2D eigenvalue weighted by Gasteiger charge is -2.35. The van der Waals surface area contributed by atoms with E-state index in [1.807, 2.05) is 47.4 Å². The number of piperazine rings is 1. The monoisotopic (exact) mass is 430 g/mol. The van der Waals surface area contributed by atoms with Crippen molar-refractivity contribution >= 4 is 23.4 Å². The van der Waals surface area contributed by atoms with Gasteiger partial charge >= 0.3 is 5.97 Å². The maximum absolute atomic E-state index is 12.6. The van der Waals surface area contributed by atoms with E-state index in [1.54, 1.807) is 30.3 Å². The van der Waals surface area contributed by atoms with E-state index >= 15 is 0 Å². The molecule has 0 aliphatic carbocycles. The summed E-state index contributed by atoms with van der Waals surface area (Å²) in [5.74, 6) is -0.453. The number of pyridine rings is 1. The second-order valence-electron chi connectivity index (χ2n) is 7.84. The molecule has 32 heavy (non-hydrogen) atoms. The lowest BCUT2D eigenvalue weighted by atomic mass is 10.1. The van der Waals surface area contributed by atoms with Crippen molar-refractivity contribution in [3.8, 4) is 0 Å². The van der Waals surface area contributed by atoms with Crippen LogP contribution in [0.4, 0.5) is 11.5 Å². The third-order valence-corrected chi connectivity index (χ3v) is 5.74. The van der Waals surface area contributed by atoms with Crippen LogP contribution in [0.15, 0.2) is 72.9 Å². The SMILES string of the molecule is CN(C(=O)c1ccccc1)c1ccc(CN2CCN(c3ncccc3C(=O)O)CC2)cc1. The van der Waals surface area contributed by atoms with Crippen LogP contribution < -0.4 is 9.80 Å². The van der Waals surface area contributed by atoms with Crippen LogP contribution >= 0.6 is 0 Å². The number of carbonyl (C=O) groups is 2. The molecule has 1 N–H and O–H groups in total. The highest BCUT2D eigenvalue weighted by Gasteiger charge is 2.22. The number of carboxylic acid groups (broad SMARTS) is 1. The first-order chi connectivity index (χ1) is 15.5. The lowest BCUT2D eigenvalue weighted by molar-refractivity contribution is 0.0696. The molecule has 1 aromatic heterocycles. The third-order valence-electron chi connectivity index (χ3n) is 5.74. The Kier molecular flexibility index (Phi) is 6.47. The average Bonchev–Trinajstić information content (AvgIpc) is 2.84. The van der Waals surface area contributed by atoms with Crippen LogP contribution in [0.2, 0.25) is 0 Å². The Morgan fingerprint density at radius 1 is 0.938 bits per heavy atom. The molecule has 0 bridgehead atoms. The molecule has 0 atom stereocenters. The van der Waals surface area contributed by atoms with Crippen LogP contribution in [-0.4, -0.2) is 60.1 Å². The zero-order chi connectivity index (χ0) is 22.5. The van der Waals surface area contributed by atoms with Gasteiger partial charge in [-0.3, -0.25) is 9.69 Å². The first-order valence-corrected chi connectivity index (χ1v) is 10.6. The summed E-state index contributed by atoms with van der Waals surface area (Å²) in [7, 11) is 1.78. The van der Waals surface area contributed by atoms with Crippen molar-refractivity contribution in [1.82, 2.24) is 9.88 Å². The first-order valence-electron chi connectivity index (χ1n) is 10.6. The number of amides is 1. The number of nitrogens with zero attached hydrogens (tertiary/aromatic N) is 4. The van der Waals surface area contributed by atoms with Gasteiger partial charge in [-0.05, 0) is 42.0 Å². The van der Waals surface area contributed by atoms with Crippen molar-refractivity contribution in [3.63, 3.8) is 0 Å². The van der Waals surface area contributed by atoms with E-state index in [0.29, 0.717) is 11.4 Å². The summed E-state index contributed by atoms with van der Waals surface area (Å²) in [5.41, 5.74) is 2.93. The molecule has 1 saturated heterocycles. The predicted octanol–water partition coefficient (Wildman–Crippen LogP) is 3.38. The Balaban J connectivity index is 1.34. The smallest absolute Gasteiger partial charge is 0.339 e. The zero-order valence-corrected chi connectivity index (χ0v) is 18.0. The number of hydrogen-bond acceptors (Lipinski definition) is 5. The summed E-state index contributed by atoms with van der Waals surface area (Å²) in [6.07, 6.45) is 1.63. The van der Waals surface area contributed by atoms with E-state index in [0.717, 1.165) is 38.4 Å².